The van der Waals surface area contributed by atoms with E-state index in [4.69, 9.17) is 10.4 Å². The molecule has 0 radical (unpaired) electrons. The summed E-state index contributed by atoms with van der Waals surface area (Å²) in [4.78, 5) is 10.7. The molecule has 0 aliphatic heterocycles. The highest BCUT2D eigenvalue weighted by Crippen LogP contribution is 2.23. The lowest BCUT2D eigenvalue weighted by molar-refractivity contribution is 0.0696. The third kappa shape index (κ3) is 4.03. The van der Waals surface area contributed by atoms with E-state index in [2.05, 4.69) is 20.7 Å². The summed E-state index contributed by atoms with van der Waals surface area (Å²) < 4.78 is 26.9. The van der Waals surface area contributed by atoms with Gasteiger partial charge in [-0.2, -0.15) is 5.26 Å². The van der Waals surface area contributed by atoms with Gasteiger partial charge in [-0.05, 0) is 40.5 Å². The lowest BCUT2D eigenvalue weighted by Gasteiger charge is -2.15. The Balaban J connectivity index is 3.10. The van der Waals surface area contributed by atoms with Gasteiger partial charge < -0.3 is 5.11 Å². The maximum atomic E-state index is 12.2. The maximum Gasteiger partial charge on any atom is 0.335 e. The molecule has 0 aliphatic rings. The van der Waals surface area contributed by atoms with Crippen LogP contribution in [-0.4, -0.2) is 25.5 Å². The summed E-state index contributed by atoms with van der Waals surface area (Å²) in [6.45, 7) is 1.77. The minimum absolute atomic E-state index is 0.0140. The number of nitrogens with one attached hydrogen (secondary N) is 1. The number of sulfonamides is 1. The highest BCUT2D eigenvalue weighted by Gasteiger charge is 2.22. The topological polar surface area (TPSA) is 107 Å². The van der Waals surface area contributed by atoms with Crippen molar-refractivity contribution in [2.45, 2.75) is 30.7 Å². The van der Waals surface area contributed by atoms with Crippen LogP contribution in [0, 0.1) is 11.3 Å². The second-order valence-electron chi connectivity index (χ2n) is 4.04. The number of hydrogen-bond acceptors (Lipinski definition) is 4. The summed E-state index contributed by atoms with van der Waals surface area (Å²) in [5, 5.41) is 17.5. The molecule has 1 unspecified atom stereocenters. The van der Waals surface area contributed by atoms with Crippen molar-refractivity contribution < 1.29 is 18.3 Å². The van der Waals surface area contributed by atoms with Crippen LogP contribution in [0.4, 0.5) is 0 Å². The summed E-state index contributed by atoms with van der Waals surface area (Å²) in [5.74, 6) is -1.14. The van der Waals surface area contributed by atoms with Gasteiger partial charge in [0.2, 0.25) is 10.0 Å². The van der Waals surface area contributed by atoms with Crippen LogP contribution < -0.4 is 4.72 Å². The molecule has 1 rings (SSSR count). The lowest BCUT2D eigenvalue weighted by atomic mass is 10.2. The predicted octanol–water partition coefficient (Wildman–Crippen LogP) is 2.12. The third-order valence-electron chi connectivity index (χ3n) is 2.62. The first-order chi connectivity index (χ1) is 9.31. The summed E-state index contributed by atoms with van der Waals surface area (Å²) in [6, 6.07) is 5.10. The van der Waals surface area contributed by atoms with Gasteiger partial charge in [-0.3, -0.25) is 0 Å². The van der Waals surface area contributed by atoms with Crippen molar-refractivity contribution in [3.05, 3.63) is 28.2 Å². The van der Waals surface area contributed by atoms with Crippen molar-refractivity contribution in [3.63, 3.8) is 0 Å². The molecule has 0 aromatic heterocycles. The van der Waals surface area contributed by atoms with Crippen molar-refractivity contribution >= 4 is 31.9 Å². The number of benzene rings is 1. The van der Waals surface area contributed by atoms with Crippen molar-refractivity contribution in [1.29, 1.82) is 5.26 Å². The van der Waals surface area contributed by atoms with E-state index < -0.39 is 22.0 Å². The normalized spacial score (nSPS) is 12.7. The Morgan fingerprint density at radius 2 is 2.20 bits per heavy atom. The molecule has 0 saturated carbocycles. The molecule has 2 N–H and O–H groups in total. The SMILES string of the molecule is CCC(CC#N)NS(=O)(=O)c1ccc(C(=O)O)cc1Br. The number of carboxylic acid groups (broad SMARTS) is 1. The van der Waals surface area contributed by atoms with Crippen LogP contribution in [0.3, 0.4) is 0 Å². The molecule has 0 saturated heterocycles. The van der Waals surface area contributed by atoms with E-state index in [9.17, 15) is 13.2 Å². The first-order valence-corrected chi connectivity index (χ1v) is 8.01. The van der Waals surface area contributed by atoms with Gasteiger partial charge in [-0.15, -0.1) is 0 Å². The Bertz CT molecular complexity index is 652. The Morgan fingerprint density at radius 3 is 2.65 bits per heavy atom. The summed E-state index contributed by atoms with van der Waals surface area (Å²) in [7, 11) is -3.81. The van der Waals surface area contributed by atoms with Gasteiger partial charge in [0.15, 0.2) is 0 Å². The lowest BCUT2D eigenvalue weighted by Crippen LogP contribution is -2.34. The van der Waals surface area contributed by atoms with E-state index in [1.165, 1.54) is 18.2 Å². The van der Waals surface area contributed by atoms with Crippen molar-refractivity contribution in [3.8, 4) is 6.07 Å². The molecule has 0 heterocycles. The number of carboxylic acids is 1. The summed E-state index contributed by atoms with van der Waals surface area (Å²) in [6.07, 6.45) is 0.554. The quantitative estimate of drug-likeness (QED) is 0.807. The minimum atomic E-state index is -3.81. The average molecular weight is 361 g/mol. The van der Waals surface area contributed by atoms with Gasteiger partial charge >= 0.3 is 5.97 Å². The number of rotatable bonds is 6. The molecule has 1 atom stereocenters. The molecule has 0 fully saturated rings. The molecule has 0 spiro atoms. The van der Waals surface area contributed by atoms with Crippen LogP contribution >= 0.6 is 15.9 Å². The highest BCUT2D eigenvalue weighted by molar-refractivity contribution is 9.10. The Hall–Kier alpha value is -1.43. The zero-order valence-electron chi connectivity index (χ0n) is 10.6. The van der Waals surface area contributed by atoms with Crippen LogP contribution in [0.1, 0.15) is 30.1 Å². The average Bonchev–Trinajstić information content (AvgIpc) is 2.37. The summed E-state index contributed by atoms with van der Waals surface area (Å²) >= 11 is 3.05. The second-order valence-corrected chi connectivity index (χ2v) is 6.58. The number of nitriles is 1. The van der Waals surface area contributed by atoms with E-state index in [0.717, 1.165) is 0 Å². The van der Waals surface area contributed by atoms with Crippen LogP contribution in [0.5, 0.6) is 0 Å². The van der Waals surface area contributed by atoms with E-state index in [0.29, 0.717) is 6.42 Å². The molecule has 6 nitrogen and oxygen atoms in total. The zero-order valence-corrected chi connectivity index (χ0v) is 13.0. The van der Waals surface area contributed by atoms with Crippen molar-refractivity contribution in [2.24, 2.45) is 0 Å². The molecule has 0 amide bonds. The maximum absolute atomic E-state index is 12.2. The number of hydrogen-bond donors (Lipinski definition) is 2. The largest absolute Gasteiger partial charge is 0.478 e. The fourth-order valence-corrected chi connectivity index (χ4v) is 3.91. The van der Waals surface area contributed by atoms with Crippen LogP contribution in [0.25, 0.3) is 0 Å². The van der Waals surface area contributed by atoms with Crippen LogP contribution in [-0.2, 0) is 10.0 Å². The number of nitrogens with zero attached hydrogens (tertiary/aromatic N) is 1. The Morgan fingerprint density at radius 1 is 1.55 bits per heavy atom. The molecule has 0 aliphatic carbocycles. The predicted molar refractivity (Wildman–Crippen MR) is 75.7 cm³/mol. The first-order valence-electron chi connectivity index (χ1n) is 5.74. The van der Waals surface area contributed by atoms with Gasteiger partial charge in [0.25, 0.3) is 0 Å². The van der Waals surface area contributed by atoms with Gasteiger partial charge in [-0.25, -0.2) is 17.9 Å². The number of halogens is 1. The smallest absolute Gasteiger partial charge is 0.335 e. The highest BCUT2D eigenvalue weighted by atomic mass is 79.9. The fourth-order valence-electron chi connectivity index (χ4n) is 1.51. The minimum Gasteiger partial charge on any atom is -0.478 e. The number of aromatic carboxylic acids is 1. The van der Waals surface area contributed by atoms with E-state index in [-0.39, 0.29) is 21.4 Å². The third-order valence-corrected chi connectivity index (χ3v) is 5.12. The Labute approximate surface area is 125 Å². The molecule has 8 heteroatoms. The molecular formula is C12H13BrN2O4S. The van der Waals surface area contributed by atoms with E-state index in [1.54, 1.807) is 6.92 Å². The molecule has 0 bridgehead atoms. The second kappa shape index (κ2) is 6.83. The van der Waals surface area contributed by atoms with E-state index >= 15 is 0 Å². The van der Waals surface area contributed by atoms with Gasteiger partial charge in [0, 0.05) is 10.5 Å². The monoisotopic (exact) mass is 360 g/mol. The van der Waals surface area contributed by atoms with Crippen LogP contribution in [0.15, 0.2) is 27.6 Å². The van der Waals surface area contributed by atoms with Crippen molar-refractivity contribution in [2.75, 3.05) is 0 Å². The standard InChI is InChI=1S/C12H13BrN2O4S/c1-2-9(5-6-14)15-20(18,19)11-4-3-8(12(16)17)7-10(11)13/h3-4,7,9,15H,2,5H2,1H3,(H,16,17). The van der Waals surface area contributed by atoms with E-state index in [1.807, 2.05) is 6.07 Å². The van der Waals surface area contributed by atoms with Crippen LogP contribution in [0.2, 0.25) is 0 Å². The van der Waals surface area contributed by atoms with Crippen molar-refractivity contribution in [1.82, 2.24) is 4.72 Å². The Kier molecular flexibility index (Phi) is 5.68. The molecule has 1 aromatic rings. The van der Waals surface area contributed by atoms with Gasteiger partial charge in [0.1, 0.15) is 0 Å². The number of carbonyl (C=O) groups is 1. The molecule has 108 valence electrons. The molecular weight excluding hydrogens is 348 g/mol. The van der Waals surface area contributed by atoms with Gasteiger partial charge in [0.05, 0.1) is 22.9 Å². The summed E-state index contributed by atoms with van der Waals surface area (Å²) in [5.41, 5.74) is -0.0140. The fraction of sp³-hybridized carbons (Fsp3) is 0.333. The van der Waals surface area contributed by atoms with Gasteiger partial charge in [-0.1, -0.05) is 6.92 Å². The molecule has 1 aromatic carbocycles. The molecule has 20 heavy (non-hydrogen) atoms. The zero-order chi connectivity index (χ0) is 15.3. The first kappa shape index (κ1) is 16.6.